The van der Waals surface area contributed by atoms with Gasteiger partial charge in [0.25, 0.3) is 5.91 Å². The SMILES string of the molecule is CCC1C=CC(/C=C2\SC(=Nc3ccc(C)c(C)c3)NC2=O)=CC1. The molecule has 124 valence electrons. The molecule has 1 aromatic rings. The zero-order valence-corrected chi connectivity index (χ0v) is 15.1. The van der Waals surface area contributed by atoms with Crippen LogP contribution >= 0.6 is 11.8 Å². The average molecular weight is 338 g/mol. The van der Waals surface area contributed by atoms with Crippen molar-refractivity contribution >= 4 is 28.5 Å². The molecule has 1 unspecified atom stereocenters. The number of aliphatic imine (C=N–C) groups is 1. The van der Waals surface area contributed by atoms with Gasteiger partial charge in [-0.3, -0.25) is 4.79 Å². The van der Waals surface area contributed by atoms with Gasteiger partial charge in [-0.15, -0.1) is 0 Å². The molecule has 1 aliphatic carbocycles. The van der Waals surface area contributed by atoms with Crippen molar-refractivity contribution in [2.45, 2.75) is 33.6 Å². The van der Waals surface area contributed by atoms with Crippen LogP contribution in [0.1, 0.15) is 30.9 Å². The maximum absolute atomic E-state index is 12.2. The number of hydrogen-bond donors (Lipinski definition) is 1. The number of carbonyl (C=O) groups is 1. The Bertz CT molecular complexity index is 787. The molecule has 1 N–H and O–H groups in total. The minimum absolute atomic E-state index is 0.0745. The minimum Gasteiger partial charge on any atom is -0.300 e. The van der Waals surface area contributed by atoms with Gasteiger partial charge in [-0.2, -0.15) is 0 Å². The monoisotopic (exact) mass is 338 g/mol. The van der Waals surface area contributed by atoms with Crippen LogP contribution in [0.15, 0.2) is 58.0 Å². The van der Waals surface area contributed by atoms with E-state index in [4.69, 9.17) is 0 Å². The zero-order valence-electron chi connectivity index (χ0n) is 14.3. The van der Waals surface area contributed by atoms with Crippen LogP contribution in [-0.4, -0.2) is 11.1 Å². The van der Waals surface area contributed by atoms with Gasteiger partial charge >= 0.3 is 0 Å². The smallest absolute Gasteiger partial charge is 0.264 e. The Labute approximate surface area is 147 Å². The zero-order chi connectivity index (χ0) is 17.1. The van der Waals surface area contributed by atoms with Gasteiger partial charge in [0.05, 0.1) is 10.6 Å². The van der Waals surface area contributed by atoms with E-state index in [0.29, 0.717) is 16.0 Å². The number of carbonyl (C=O) groups excluding carboxylic acids is 1. The number of allylic oxidation sites excluding steroid dienone is 5. The fourth-order valence-electron chi connectivity index (χ4n) is 2.64. The van der Waals surface area contributed by atoms with Crippen molar-refractivity contribution in [2.75, 3.05) is 0 Å². The summed E-state index contributed by atoms with van der Waals surface area (Å²) in [6, 6.07) is 6.06. The second-order valence-corrected chi connectivity index (χ2v) is 7.25. The number of nitrogens with one attached hydrogen (secondary N) is 1. The van der Waals surface area contributed by atoms with E-state index in [1.807, 2.05) is 18.2 Å². The van der Waals surface area contributed by atoms with Crippen molar-refractivity contribution < 1.29 is 4.79 Å². The summed E-state index contributed by atoms with van der Waals surface area (Å²) >= 11 is 1.40. The number of rotatable bonds is 3. The summed E-state index contributed by atoms with van der Waals surface area (Å²) < 4.78 is 0. The molecule has 3 nitrogen and oxygen atoms in total. The summed E-state index contributed by atoms with van der Waals surface area (Å²) in [5.41, 5.74) is 4.41. The van der Waals surface area contributed by atoms with Crippen LogP contribution in [0.2, 0.25) is 0 Å². The van der Waals surface area contributed by atoms with Crippen LogP contribution in [-0.2, 0) is 4.79 Å². The second kappa shape index (κ2) is 7.22. The van der Waals surface area contributed by atoms with Crippen LogP contribution in [0, 0.1) is 19.8 Å². The van der Waals surface area contributed by atoms with Gasteiger partial charge in [0.2, 0.25) is 0 Å². The predicted molar refractivity (Wildman–Crippen MR) is 102 cm³/mol. The highest BCUT2D eigenvalue weighted by atomic mass is 32.2. The summed E-state index contributed by atoms with van der Waals surface area (Å²) in [5, 5.41) is 3.49. The Kier molecular flexibility index (Phi) is 5.05. The molecular formula is C20H22N2OS. The Morgan fingerprint density at radius 3 is 2.83 bits per heavy atom. The molecule has 1 amide bonds. The summed E-state index contributed by atoms with van der Waals surface area (Å²) in [7, 11) is 0. The van der Waals surface area contributed by atoms with Crippen molar-refractivity contribution in [3.05, 3.63) is 64.1 Å². The fourth-order valence-corrected chi connectivity index (χ4v) is 3.48. The molecule has 1 aromatic carbocycles. The number of aryl methyl sites for hydroxylation is 2. The molecule has 24 heavy (non-hydrogen) atoms. The molecule has 0 spiro atoms. The molecule has 1 atom stereocenters. The van der Waals surface area contributed by atoms with E-state index in [1.165, 1.54) is 22.9 Å². The maximum Gasteiger partial charge on any atom is 0.264 e. The van der Waals surface area contributed by atoms with Crippen molar-refractivity contribution in [1.29, 1.82) is 0 Å². The van der Waals surface area contributed by atoms with Crippen molar-refractivity contribution in [3.8, 4) is 0 Å². The molecule has 0 radical (unpaired) electrons. The number of thioether (sulfide) groups is 1. The normalized spacial score (nSPS) is 23.7. The molecule has 1 aliphatic heterocycles. The largest absolute Gasteiger partial charge is 0.300 e. The lowest BCUT2D eigenvalue weighted by Crippen LogP contribution is -2.19. The number of hydrogen-bond acceptors (Lipinski definition) is 3. The minimum atomic E-state index is -0.0745. The van der Waals surface area contributed by atoms with E-state index in [1.54, 1.807) is 0 Å². The van der Waals surface area contributed by atoms with E-state index in [0.717, 1.165) is 24.1 Å². The van der Waals surface area contributed by atoms with Gasteiger partial charge in [-0.05, 0) is 79.3 Å². The molecular weight excluding hydrogens is 316 g/mol. The number of benzene rings is 1. The van der Waals surface area contributed by atoms with E-state index in [9.17, 15) is 4.79 Å². The highest BCUT2D eigenvalue weighted by Crippen LogP contribution is 2.29. The van der Waals surface area contributed by atoms with Gasteiger partial charge in [-0.25, -0.2) is 4.99 Å². The molecule has 0 saturated carbocycles. The predicted octanol–water partition coefficient (Wildman–Crippen LogP) is 4.95. The maximum atomic E-state index is 12.2. The van der Waals surface area contributed by atoms with Gasteiger partial charge in [-0.1, -0.05) is 31.2 Å². The number of nitrogens with zero attached hydrogens (tertiary/aromatic N) is 1. The Morgan fingerprint density at radius 2 is 2.17 bits per heavy atom. The second-order valence-electron chi connectivity index (χ2n) is 6.22. The van der Waals surface area contributed by atoms with E-state index < -0.39 is 0 Å². The van der Waals surface area contributed by atoms with Gasteiger partial charge in [0.15, 0.2) is 5.17 Å². The Morgan fingerprint density at radius 1 is 1.33 bits per heavy atom. The fraction of sp³-hybridized carbons (Fsp3) is 0.300. The third-order valence-electron chi connectivity index (χ3n) is 4.41. The van der Waals surface area contributed by atoms with E-state index in [-0.39, 0.29) is 5.91 Å². The highest BCUT2D eigenvalue weighted by molar-refractivity contribution is 8.18. The van der Waals surface area contributed by atoms with Crippen molar-refractivity contribution in [1.82, 2.24) is 5.32 Å². The van der Waals surface area contributed by atoms with Gasteiger partial charge in [0, 0.05) is 0 Å². The molecule has 1 fully saturated rings. The Hall–Kier alpha value is -2.07. The van der Waals surface area contributed by atoms with Crippen LogP contribution < -0.4 is 5.32 Å². The first-order valence-corrected chi connectivity index (χ1v) is 9.12. The highest BCUT2D eigenvalue weighted by Gasteiger charge is 2.24. The van der Waals surface area contributed by atoms with Gasteiger partial charge < -0.3 is 5.32 Å². The topological polar surface area (TPSA) is 41.5 Å². The molecule has 1 heterocycles. The third-order valence-corrected chi connectivity index (χ3v) is 5.32. The van der Waals surface area contributed by atoms with Gasteiger partial charge in [0.1, 0.15) is 0 Å². The summed E-state index contributed by atoms with van der Waals surface area (Å²) in [5.74, 6) is 0.550. The first-order chi connectivity index (χ1) is 11.5. The Balaban J connectivity index is 1.75. The van der Waals surface area contributed by atoms with Crippen molar-refractivity contribution in [2.24, 2.45) is 10.9 Å². The number of amides is 1. The molecule has 1 saturated heterocycles. The molecule has 4 heteroatoms. The summed E-state index contributed by atoms with van der Waals surface area (Å²) in [4.78, 5) is 17.4. The first kappa shape index (κ1) is 16.8. The average Bonchev–Trinajstić information content (AvgIpc) is 2.91. The molecule has 0 aromatic heterocycles. The first-order valence-electron chi connectivity index (χ1n) is 8.30. The van der Waals surface area contributed by atoms with Crippen molar-refractivity contribution in [3.63, 3.8) is 0 Å². The lowest BCUT2D eigenvalue weighted by Gasteiger charge is -2.12. The summed E-state index contributed by atoms with van der Waals surface area (Å²) in [6.45, 7) is 6.34. The molecule has 2 aliphatic rings. The van der Waals surface area contributed by atoms with Crippen LogP contribution in [0.5, 0.6) is 0 Å². The number of amidine groups is 1. The molecule has 0 bridgehead atoms. The van der Waals surface area contributed by atoms with E-state index in [2.05, 4.69) is 55.4 Å². The van der Waals surface area contributed by atoms with Crippen LogP contribution in [0.4, 0.5) is 5.69 Å². The van der Waals surface area contributed by atoms with Crippen LogP contribution in [0.3, 0.4) is 0 Å². The molecule has 3 rings (SSSR count). The van der Waals surface area contributed by atoms with E-state index >= 15 is 0 Å². The quantitative estimate of drug-likeness (QED) is 0.792. The third kappa shape index (κ3) is 3.88. The van der Waals surface area contributed by atoms with Crippen LogP contribution in [0.25, 0.3) is 0 Å². The lowest BCUT2D eigenvalue weighted by atomic mass is 9.94. The standard InChI is InChI=1S/C20H22N2OS/c1-4-15-6-8-16(9-7-15)12-18-19(23)22-20(24-18)21-17-10-5-13(2)14(3)11-17/h5-6,8-12,15H,4,7H2,1-3H3,(H,21,22,23)/b18-12-. The lowest BCUT2D eigenvalue weighted by molar-refractivity contribution is -0.115. The summed E-state index contributed by atoms with van der Waals surface area (Å²) in [6.07, 6.45) is 10.7.